The monoisotopic (exact) mass is 265 g/mol. The second-order valence-corrected chi connectivity index (χ2v) is 4.28. The third-order valence-electron chi connectivity index (χ3n) is 2.52. The summed E-state index contributed by atoms with van der Waals surface area (Å²) in [5.41, 5.74) is 1.75. The Morgan fingerprint density at radius 1 is 1.42 bits per heavy atom. The van der Waals surface area contributed by atoms with Crippen molar-refractivity contribution in [2.75, 3.05) is 6.61 Å². The average molecular weight is 265 g/mol. The molecule has 0 aliphatic rings. The number of hydrogen-bond acceptors (Lipinski definition) is 4. The topological polar surface area (TPSA) is 89.7 Å². The molecule has 1 aromatic rings. The zero-order chi connectivity index (χ0) is 14.6. The highest BCUT2D eigenvalue weighted by Crippen LogP contribution is 2.27. The zero-order valence-corrected chi connectivity index (χ0v) is 11.0. The molecule has 1 aromatic carbocycles. The van der Waals surface area contributed by atoms with Crippen molar-refractivity contribution in [3.63, 3.8) is 0 Å². The van der Waals surface area contributed by atoms with Gasteiger partial charge in [-0.2, -0.15) is 0 Å². The van der Waals surface area contributed by atoms with Crippen LogP contribution in [0.5, 0.6) is 5.75 Å². The number of carboxylic acids is 1. The van der Waals surface area contributed by atoms with E-state index < -0.39 is 10.9 Å². The fraction of sp³-hybridized carbons (Fsp3) is 0.308. The lowest BCUT2D eigenvalue weighted by Crippen LogP contribution is -2.03. The van der Waals surface area contributed by atoms with Gasteiger partial charge in [-0.25, -0.2) is 4.79 Å². The number of benzene rings is 1. The van der Waals surface area contributed by atoms with Gasteiger partial charge < -0.3 is 9.84 Å². The molecule has 0 fully saturated rings. The summed E-state index contributed by atoms with van der Waals surface area (Å²) in [6, 6.07) is 3.03. The third-order valence-corrected chi connectivity index (χ3v) is 2.52. The molecule has 0 atom stereocenters. The van der Waals surface area contributed by atoms with Crippen molar-refractivity contribution in [3.05, 3.63) is 45.0 Å². The molecular weight excluding hydrogens is 250 g/mol. The molecule has 102 valence electrons. The molecule has 1 N–H and O–H groups in total. The van der Waals surface area contributed by atoms with Crippen LogP contribution >= 0.6 is 0 Å². The van der Waals surface area contributed by atoms with Gasteiger partial charge in [0, 0.05) is 17.7 Å². The first-order valence-electron chi connectivity index (χ1n) is 5.59. The van der Waals surface area contributed by atoms with Gasteiger partial charge in [0.15, 0.2) is 0 Å². The van der Waals surface area contributed by atoms with Gasteiger partial charge in [-0.05, 0) is 38.0 Å². The number of hydrogen-bond donors (Lipinski definition) is 1. The number of carboxylic acid groups (broad SMARTS) is 1. The van der Waals surface area contributed by atoms with Crippen LogP contribution in [-0.2, 0) is 4.79 Å². The van der Waals surface area contributed by atoms with Crippen molar-refractivity contribution in [1.82, 2.24) is 0 Å². The Bertz CT molecular complexity index is 548. The summed E-state index contributed by atoms with van der Waals surface area (Å²) in [4.78, 5) is 20.8. The molecule has 0 saturated heterocycles. The van der Waals surface area contributed by atoms with E-state index in [-0.39, 0.29) is 12.3 Å². The second kappa shape index (κ2) is 5.99. The first kappa shape index (κ1) is 14.7. The lowest BCUT2D eigenvalue weighted by atomic mass is 10.1. The lowest BCUT2D eigenvalue weighted by Gasteiger charge is -2.10. The molecule has 0 aliphatic carbocycles. The standard InChI is InChI=1S/C13H15NO5/c1-8(4-13(15)16)7-19-12-6-9(2)11(14(17)18)5-10(12)3/h4-6H,7H2,1-3H3,(H,15,16)/b8-4+. The van der Waals surface area contributed by atoms with Gasteiger partial charge in [-0.3, -0.25) is 10.1 Å². The van der Waals surface area contributed by atoms with Crippen LogP contribution in [0.2, 0.25) is 0 Å². The van der Waals surface area contributed by atoms with Crippen LogP contribution in [0, 0.1) is 24.0 Å². The highest BCUT2D eigenvalue weighted by molar-refractivity contribution is 5.80. The van der Waals surface area contributed by atoms with Gasteiger partial charge in [0.1, 0.15) is 12.4 Å². The Hall–Kier alpha value is -2.37. The summed E-state index contributed by atoms with van der Waals surface area (Å²) >= 11 is 0. The SMILES string of the molecule is C/C(=C\C(=O)O)COc1cc(C)c([N+](=O)[O-])cc1C. The van der Waals surface area contributed by atoms with Crippen LogP contribution in [0.4, 0.5) is 5.69 Å². The predicted molar refractivity (Wildman–Crippen MR) is 69.5 cm³/mol. The molecule has 0 amide bonds. The van der Waals surface area contributed by atoms with Crippen molar-refractivity contribution in [3.8, 4) is 5.75 Å². The van der Waals surface area contributed by atoms with Crippen LogP contribution in [0.1, 0.15) is 18.1 Å². The fourth-order valence-electron chi connectivity index (χ4n) is 1.57. The second-order valence-electron chi connectivity index (χ2n) is 4.28. The summed E-state index contributed by atoms with van der Waals surface area (Å²) in [6.07, 6.45) is 1.06. The maximum absolute atomic E-state index is 10.8. The van der Waals surface area contributed by atoms with Gasteiger partial charge in [0.25, 0.3) is 5.69 Å². The maximum atomic E-state index is 10.8. The summed E-state index contributed by atoms with van der Waals surface area (Å²) in [5, 5.41) is 19.3. The Morgan fingerprint density at radius 2 is 2.05 bits per heavy atom. The number of aryl methyl sites for hydroxylation is 2. The highest BCUT2D eigenvalue weighted by Gasteiger charge is 2.14. The molecule has 6 nitrogen and oxygen atoms in total. The van der Waals surface area contributed by atoms with Crippen LogP contribution in [-0.4, -0.2) is 22.6 Å². The van der Waals surface area contributed by atoms with E-state index in [9.17, 15) is 14.9 Å². The van der Waals surface area contributed by atoms with E-state index in [1.54, 1.807) is 26.8 Å². The molecule has 19 heavy (non-hydrogen) atoms. The molecule has 0 bridgehead atoms. The van der Waals surface area contributed by atoms with Gasteiger partial charge >= 0.3 is 5.97 Å². The summed E-state index contributed by atoms with van der Waals surface area (Å²) in [6.45, 7) is 5.11. The molecule has 0 radical (unpaired) electrons. The molecule has 0 heterocycles. The number of ether oxygens (including phenoxy) is 1. The molecule has 0 spiro atoms. The van der Waals surface area contributed by atoms with E-state index >= 15 is 0 Å². The smallest absolute Gasteiger partial charge is 0.328 e. The van der Waals surface area contributed by atoms with Crippen LogP contribution < -0.4 is 4.74 Å². The number of nitrogens with zero attached hydrogens (tertiary/aromatic N) is 1. The molecule has 6 heteroatoms. The number of nitro benzene ring substituents is 1. The summed E-state index contributed by atoms with van der Waals surface area (Å²) < 4.78 is 5.46. The van der Waals surface area contributed by atoms with Crippen molar-refractivity contribution in [2.45, 2.75) is 20.8 Å². The van der Waals surface area contributed by atoms with Crippen LogP contribution in [0.15, 0.2) is 23.8 Å². The molecular formula is C13H15NO5. The van der Waals surface area contributed by atoms with E-state index in [4.69, 9.17) is 9.84 Å². The van der Waals surface area contributed by atoms with Crippen molar-refractivity contribution in [2.24, 2.45) is 0 Å². The van der Waals surface area contributed by atoms with Gasteiger partial charge in [-0.1, -0.05) is 0 Å². The Morgan fingerprint density at radius 3 is 2.58 bits per heavy atom. The minimum Gasteiger partial charge on any atom is -0.489 e. The number of carbonyl (C=O) groups is 1. The molecule has 0 aliphatic heterocycles. The largest absolute Gasteiger partial charge is 0.489 e. The third kappa shape index (κ3) is 4.09. The van der Waals surface area contributed by atoms with E-state index in [1.807, 2.05) is 0 Å². The number of aliphatic carboxylic acids is 1. The van der Waals surface area contributed by atoms with Gasteiger partial charge in [0.2, 0.25) is 0 Å². The Labute approximate surface area is 110 Å². The van der Waals surface area contributed by atoms with E-state index in [1.165, 1.54) is 6.07 Å². The molecule has 1 rings (SSSR count). The summed E-state index contributed by atoms with van der Waals surface area (Å²) in [5.74, 6) is -0.515. The first-order chi connectivity index (χ1) is 8.81. The number of nitro groups is 1. The van der Waals surface area contributed by atoms with E-state index in [0.717, 1.165) is 6.08 Å². The highest BCUT2D eigenvalue weighted by atomic mass is 16.6. The van der Waals surface area contributed by atoms with Crippen molar-refractivity contribution < 1.29 is 19.6 Å². The van der Waals surface area contributed by atoms with E-state index in [0.29, 0.717) is 22.4 Å². The minimum atomic E-state index is -1.03. The fourth-order valence-corrected chi connectivity index (χ4v) is 1.57. The van der Waals surface area contributed by atoms with E-state index in [2.05, 4.69) is 0 Å². The Balaban J connectivity index is 2.89. The quantitative estimate of drug-likeness (QED) is 0.502. The maximum Gasteiger partial charge on any atom is 0.328 e. The van der Waals surface area contributed by atoms with Crippen LogP contribution in [0.3, 0.4) is 0 Å². The normalized spacial score (nSPS) is 11.2. The van der Waals surface area contributed by atoms with Gasteiger partial charge in [0.05, 0.1) is 4.92 Å². The lowest BCUT2D eigenvalue weighted by molar-refractivity contribution is -0.385. The predicted octanol–water partition coefficient (Wildman–Crippen LogP) is 2.62. The summed E-state index contributed by atoms with van der Waals surface area (Å²) in [7, 11) is 0. The molecule has 0 unspecified atom stereocenters. The zero-order valence-electron chi connectivity index (χ0n) is 11.0. The number of rotatable bonds is 5. The Kier molecular flexibility index (Phi) is 4.63. The van der Waals surface area contributed by atoms with Crippen molar-refractivity contribution in [1.29, 1.82) is 0 Å². The minimum absolute atomic E-state index is 0.0441. The van der Waals surface area contributed by atoms with Gasteiger partial charge in [-0.15, -0.1) is 0 Å². The van der Waals surface area contributed by atoms with Crippen molar-refractivity contribution >= 4 is 11.7 Å². The van der Waals surface area contributed by atoms with Crippen LogP contribution in [0.25, 0.3) is 0 Å². The first-order valence-corrected chi connectivity index (χ1v) is 5.59. The average Bonchev–Trinajstić information content (AvgIpc) is 2.28. The molecule has 0 aromatic heterocycles. The molecule has 0 saturated carbocycles.